The lowest BCUT2D eigenvalue weighted by molar-refractivity contribution is -0.384. The molecular formula is C16H22F3N3O5S. The third kappa shape index (κ3) is 6.60. The number of piperazine rings is 1. The predicted octanol–water partition coefficient (Wildman–Crippen LogP) is 2.09. The smallest absolute Gasteiger partial charge is 0.372 e. The number of alkyl halides is 3. The molecule has 0 unspecified atom stereocenters. The molecule has 0 bridgehead atoms. The zero-order chi connectivity index (χ0) is 20.9. The molecule has 0 amide bonds. The van der Waals surface area contributed by atoms with Crippen LogP contribution in [0.3, 0.4) is 0 Å². The number of nitro groups is 1. The summed E-state index contributed by atoms with van der Waals surface area (Å²) in [6, 6.07) is 3.85. The number of anilines is 1. The zero-order valence-electron chi connectivity index (χ0n) is 15.3. The van der Waals surface area contributed by atoms with E-state index in [1.165, 1.54) is 12.1 Å². The van der Waals surface area contributed by atoms with Crippen LogP contribution in [0.15, 0.2) is 23.1 Å². The van der Waals surface area contributed by atoms with Crippen LogP contribution in [-0.2, 0) is 14.6 Å². The summed E-state index contributed by atoms with van der Waals surface area (Å²) >= 11 is 0. The highest BCUT2D eigenvalue weighted by atomic mass is 32.2. The van der Waals surface area contributed by atoms with Gasteiger partial charge in [0.05, 0.1) is 9.82 Å². The normalized spacial score (nSPS) is 16.4. The Hall–Kier alpha value is -1.92. The molecule has 1 aliphatic heterocycles. The van der Waals surface area contributed by atoms with Gasteiger partial charge >= 0.3 is 6.18 Å². The summed E-state index contributed by atoms with van der Waals surface area (Å²) in [6.07, 6.45) is -2.88. The van der Waals surface area contributed by atoms with Crippen molar-refractivity contribution in [3.63, 3.8) is 0 Å². The Kier molecular flexibility index (Phi) is 7.23. The van der Waals surface area contributed by atoms with E-state index < -0.39 is 27.5 Å². The minimum atomic E-state index is -4.33. The third-order valence-corrected chi connectivity index (χ3v) is 5.42. The summed E-state index contributed by atoms with van der Waals surface area (Å²) in [6.45, 7) is 1.48. The molecule has 158 valence electrons. The average Bonchev–Trinajstić information content (AvgIpc) is 2.59. The van der Waals surface area contributed by atoms with Crippen LogP contribution in [0.2, 0.25) is 0 Å². The molecule has 28 heavy (non-hydrogen) atoms. The maximum absolute atomic E-state index is 12.0. The van der Waals surface area contributed by atoms with Gasteiger partial charge in [0.25, 0.3) is 5.69 Å². The number of halogens is 3. The number of rotatable bonds is 8. The maximum atomic E-state index is 12.0. The standard InChI is InChI=1S/C16H22F3N3O5S/c1-28(25,26)13-3-4-14(15(11-13)22(23)24)21-8-6-20(7-9-21)5-2-10-27-12-16(17,18)19/h3-4,11H,2,5-10,12H2,1H3. The van der Waals surface area contributed by atoms with Crippen molar-refractivity contribution < 1.29 is 31.2 Å². The molecule has 0 atom stereocenters. The molecule has 1 saturated heterocycles. The van der Waals surface area contributed by atoms with Crippen LogP contribution in [-0.4, -0.2) is 76.6 Å². The first-order valence-corrected chi connectivity index (χ1v) is 10.5. The molecule has 0 N–H and O–H groups in total. The van der Waals surface area contributed by atoms with Crippen LogP contribution >= 0.6 is 0 Å². The summed E-state index contributed by atoms with van der Waals surface area (Å²) in [5.41, 5.74) is 0.0856. The van der Waals surface area contributed by atoms with Crippen molar-refractivity contribution in [2.45, 2.75) is 17.5 Å². The van der Waals surface area contributed by atoms with Crippen molar-refractivity contribution in [1.29, 1.82) is 0 Å². The van der Waals surface area contributed by atoms with Crippen molar-refractivity contribution in [1.82, 2.24) is 4.90 Å². The van der Waals surface area contributed by atoms with E-state index in [2.05, 4.69) is 4.74 Å². The SMILES string of the molecule is CS(=O)(=O)c1ccc(N2CCN(CCCOCC(F)(F)F)CC2)c([N+](=O)[O-])c1. The van der Waals surface area contributed by atoms with Gasteiger partial charge in [-0.15, -0.1) is 0 Å². The highest BCUT2D eigenvalue weighted by Gasteiger charge is 2.28. The van der Waals surface area contributed by atoms with Crippen LogP contribution < -0.4 is 4.90 Å². The number of hydrogen-bond donors (Lipinski definition) is 0. The highest BCUT2D eigenvalue weighted by molar-refractivity contribution is 7.90. The van der Waals surface area contributed by atoms with Gasteiger partial charge in [0.2, 0.25) is 0 Å². The monoisotopic (exact) mass is 425 g/mol. The molecule has 2 rings (SSSR count). The molecule has 1 fully saturated rings. The third-order valence-electron chi connectivity index (χ3n) is 4.31. The van der Waals surface area contributed by atoms with Gasteiger partial charge in [0.1, 0.15) is 12.3 Å². The fourth-order valence-electron chi connectivity index (χ4n) is 2.94. The van der Waals surface area contributed by atoms with Crippen LogP contribution in [0.25, 0.3) is 0 Å². The minimum Gasteiger partial charge on any atom is -0.372 e. The second-order valence-electron chi connectivity index (χ2n) is 6.53. The molecule has 1 aliphatic rings. The van der Waals surface area contributed by atoms with Gasteiger partial charge in [-0.05, 0) is 18.6 Å². The molecule has 1 aromatic rings. The Labute approximate surface area is 160 Å². The minimum absolute atomic E-state index is 0.0121. The average molecular weight is 425 g/mol. The van der Waals surface area contributed by atoms with E-state index in [0.717, 1.165) is 12.3 Å². The molecule has 1 aromatic carbocycles. The van der Waals surface area contributed by atoms with Gasteiger partial charge in [-0.25, -0.2) is 8.42 Å². The van der Waals surface area contributed by atoms with E-state index in [1.807, 2.05) is 4.90 Å². The van der Waals surface area contributed by atoms with Gasteiger partial charge in [-0.1, -0.05) is 0 Å². The van der Waals surface area contributed by atoms with Gasteiger partial charge in [-0.3, -0.25) is 15.0 Å². The Morgan fingerprint density at radius 2 is 1.86 bits per heavy atom. The maximum Gasteiger partial charge on any atom is 0.411 e. The molecule has 0 aromatic heterocycles. The second-order valence-corrected chi connectivity index (χ2v) is 8.55. The summed E-state index contributed by atoms with van der Waals surface area (Å²) in [5.74, 6) is 0. The summed E-state index contributed by atoms with van der Waals surface area (Å²) in [5, 5.41) is 11.4. The first-order valence-electron chi connectivity index (χ1n) is 8.58. The first-order chi connectivity index (χ1) is 13.0. The Balaban J connectivity index is 1.90. The van der Waals surface area contributed by atoms with Crippen molar-refractivity contribution in [3.8, 4) is 0 Å². The van der Waals surface area contributed by atoms with Crippen LogP contribution in [0.1, 0.15) is 6.42 Å². The van der Waals surface area contributed by atoms with Gasteiger partial charge in [0.15, 0.2) is 9.84 Å². The topological polar surface area (TPSA) is 93.0 Å². The molecule has 0 spiro atoms. The summed E-state index contributed by atoms with van der Waals surface area (Å²) in [7, 11) is -3.55. The van der Waals surface area contributed by atoms with E-state index in [0.29, 0.717) is 44.8 Å². The van der Waals surface area contributed by atoms with E-state index in [-0.39, 0.29) is 17.2 Å². The molecule has 8 nitrogen and oxygen atoms in total. The lowest BCUT2D eigenvalue weighted by atomic mass is 10.2. The Bertz CT molecular complexity index is 793. The first kappa shape index (κ1) is 22.4. The number of benzene rings is 1. The lowest BCUT2D eigenvalue weighted by Gasteiger charge is -2.35. The lowest BCUT2D eigenvalue weighted by Crippen LogP contribution is -2.47. The number of nitrogens with zero attached hydrogens (tertiary/aromatic N) is 3. The van der Waals surface area contributed by atoms with Crippen molar-refractivity contribution in [3.05, 3.63) is 28.3 Å². The molecular weight excluding hydrogens is 403 g/mol. The molecule has 0 saturated carbocycles. The molecule has 1 heterocycles. The van der Waals surface area contributed by atoms with Crippen LogP contribution in [0.5, 0.6) is 0 Å². The molecule has 0 aliphatic carbocycles. The largest absolute Gasteiger partial charge is 0.411 e. The quantitative estimate of drug-likeness (QED) is 0.358. The van der Waals surface area contributed by atoms with E-state index in [4.69, 9.17) is 0 Å². The number of sulfone groups is 1. The van der Waals surface area contributed by atoms with Gasteiger partial charge in [-0.2, -0.15) is 13.2 Å². The summed E-state index contributed by atoms with van der Waals surface area (Å²) in [4.78, 5) is 14.5. The van der Waals surface area contributed by atoms with E-state index in [9.17, 15) is 31.7 Å². The van der Waals surface area contributed by atoms with Gasteiger partial charge < -0.3 is 9.64 Å². The van der Waals surface area contributed by atoms with Gasteiger partial charge in [0, 0.05) is 51.7 Å². The molecule has 12 heteroatoms. The predicted molar refractivity (Wildman–Crippen MR) is 96.4 cm³/mol. The fraction of sp³-hybridized carbons (Fsp3) is 0.625. The Morgan fingerprint density at radius 1 is 1.21 bits per heavy atom. The number of nitro benzene ring substituents is 1. The van der Waals surface area contributed by atoms with Crippen molar-refractivity contribution in [2.24, 2.45) is 0 Å². The summed E-state index contributed by atoms with van der Waals surface area (Å²) < 4.78 is 63.8. The molecule has 0 radical (unpaired) electrons. The Morgan fingerprint density at radius 3 is 2.39 bits per heavy atom. The van der Waals surface area contributed by atoms with Crippen molar-refractivity contribution in [2.75, 3.05) is 57.1 Å². The van der Waals surface area contributed by atoms with Crippen molar-refractivity contribution >= 4 is 21.2 Å². The van der Waals surface area contributed by atoms with Crippen LogP contribution in [0, 0.1) is 10.1 Å². The number of ether oxygens (including phenoxy) is 1. The second kappa shape index (κ2) is 9.05. The van der Waals surface area contributed by atoms with E-state index in [1.54, 1.807) is 4.90 Å². The number of hydrogen-bond acceptors (Lipinski definition) is 7. The fourth-order valence-corrected chi connectivity index (χ4v) is 3.58. The van der Waals surface area contributed by atoms with Crippen LogP contribution in [0.4, 0.5) is 24.5 Å². The highest BCUT2D eigenvalue weighted by Crippen LogP contribution is 2.31. The zero-order valence-corrected chi connectivity index (χ0v) is 16.1. The van der Waals surface area contributed by atoms with E-state index >= 15 is 0 Å².